The number of nitrogens with zero attached hydrogens (tertiary/aromatic N) is 4. The highest BCUT2D eigenvalue weighted by molar-refractivity contribution is 5.82. The standard InChI is InChI=1S/C15H21N5O4/c1-4-16-12-9-13(18-6-17-12)20(7-19-9)14-11-10(8(5-21)22-14)23-15(2,3)24-11/h6-8,10-11,14,21H,4-5H2,1-3H3,(H,16,17,18)/t8-,10-,11-,14-/m1/s1. The molecular weight excluding hydrogens is 314 g/mol. The Kier molecular flexibility index (Phi) is 3.68. The summed E-state index contributed by atoms with van der Waals surface area (Å²) in [5, 5.41) is 12.8. The Morgan fingerprint density at radius 3 is 2.79 bits per heavy atom. The van der Waals surface area contributed by atoms with Crippen LogP contribution in [0.15, 0.2) is 12.7 Å². The third-order valence-electron chi connectivity index (χ3n) is 4.28. The van der Waals surface area contributed by atoms with Gasteiger partial charge in [0.05, 0.1) is 12.9 Å². The summed E-state index contributed by atoms with van der Waals surface area (Å²) in [6, 6.07) is 0. The summed E-state index contributed by atoms with van der Waals surface area (Å²) in [7, 11) is 0. The molecule has 2 saturated heterocycles. The van der Waals surface area contributed by atoms with Crippen molar-refractivity contribution in [2.75, 3.05) is 18.5 Å². The number of hydrogen-bond donors (Lipinski definition) is 2. The average Bonchev–Trinajstić information content (AvgIpc) is 3.18. The minimum Gasteiger partial charge on any atom is -0.394 e. The number of nitrogens with one attached hydrogen (secondary N) is 1. The average molecular weight is 335 g/mol. The minimum absolute atomic E-state index is 0.138. The van der Waals surface area contributed by atoms with E-state index in [0.717, 1.165) is 6.54 Å². The normalized spacial score (nSPS) is 31.5. The van der Waals surface area contributed by atoms with Gasteiger partial charge in [-0.2, -0.15) is 0 Å². The lowest BCUT2D eigenvalue weighted by Gasteiger charge is -2.24. The van der Waals surface area contributed by atoms with Gasteiger partial charge in [-0.25, -0.2) is 15.0 Å². The van der Waals surface area contributed by atoms with Crippen LogP contribution in [0.4, 0.5) is 5.82 Å². The van der Waals surface area contributed by atoms with Crippen LogP contribution >= 0.6 is 0 Å². The van der Waals surface area contributed by atoms with Gasteiger partial charge in [0.15, 0.2) is 29.0 Å². The fourth-order valence-corrected chi connectivity index (χ4v) is 3.36. The van der Waals surface area contributed by atoms with Gasteiger partial charge >= 0.3 is 0 Å². The first-order chi connectivity index (χ1) is 11.5. The quantitative estimate of drug-likeness (QED) is 0.840. The van der Waals surface area contributed by atoms with Crippen LogP contribution in [0.1, 0.15) is 27.0 Å². The number of ether oxygens (including phenoxy) is 3. The highest BCUT2D eigenvalue weighted by Crippen LogP contribution is 2.43. The molecule has 24 heavy (non-hydrogen) atoms. The van der Waals surface area contributed by atoms with E-state index in [4.69, 9.17) is 14.2 Å². The maximum atomic E-state index is 9.60. The molecule has 9 nitrogen and oxygen atoms in total. The van der Waals surface area contributed by atoms with Gasteiger partial charge in [0, 0.05) is 6.54 Å². The first kappa shape index (κ1) is 15.7. The van der Waals surface area contributed by atoms with Crippen molar-refractivity contribution in [3.05, 3.63) is 12.7 Å². The largest absolute Gasteiger partial charge is 0.394 e. The van der Waals surface area contributed by atoms with Crippen molar-refractivity contribution in [2.24, 2.45) is 0 Å². The van der Waals surface area contributed by atoms with Gasteiger partial charge in [-0.3, -0.25) is 4.57 Å². The van der Waals surface area contributed by atoms with Crippen LogP contribution in [0, 0.1) is 0 Å². The van der Waals surface area contributed by atoms with Crippen molar-refractivity contribution in [1.82, 2.24) is 19.5 Å². The fraction of sp³-hybridized carbons (Fsp3) is 0.667. The summed E-state index contributed by atoms with van der Waals surface area (Å²) in [5.74, 6) is -0.0381. The van der Waals surface area contributed by atoms with E-state index in [0.29, 0.717) is 17.0 Å². The highest BCUT2D eigenvalue weighted by Gasteiger charge is 2.55. The monoisotopic (exact) mass is 335 g/mol. The maximum absolute atomic E-state index is 9.60. The molecule has 2 aromatic rings. The van der Waals surface area contributed by atoms with Gasteiger partial charge in [0.1, 0.15) is 24.6 Å². The van der Waals surface area contributed by atoms with Crippen LogP contribution in [0.3, 0.4) is 0 Å². The number of aromatic nitrogens is 4. The number of imidazole rings is 1. The van der Waals surface area contributed by atoms with Crippen LogP contribution in [-0.2, 0) is 14.2 Å². The first-order valence-corrected chi connectivity index (χ1v) is 8.07. The first-order valence-electron chi connectivity index (χ1n) is 8.07. The maximum Gasteiger partial charge on any atom is 0.167 e. The Morgan fingerprint density at radius 1 is 1.25 bits per heavy atom. The predicted molar refractivity (Wildman–Crippen MR) is 84.3 cm³/mol. The molecule has 2 aliphatic rings. The van der Waals surface area contributed by atoms with E-state index < -0.39 is 18.1 Å². The van der Waals surface area contributed by atoms with E-state index in [9.17, 15) is 5.11 Å². The van der Waals surface area contributed by atoms with Crippen LogP contribution in [-0.4, -0.2) is 61.9 Å². The van der Waals surface area contributed by atoms with Crippen molar-refractivity contribution in [2.45, 2.75) is 51.1 Å². The van der Waals surface area contributed by atoms with Crippen LogP contribution < -0.4 is 5.32 Å². The lowest BCUT2D eigenvalue weighted by molar-refractivity contribution is -0.199. The molecular formula is C15H21N5O4. The molecule has 4 heterocycles. The molecule has 0 spiro atoms. The summed E-state index contributed by atoms with van der Waals surface area (Å²) < 4.78 is 19.7. The Bertz CT molecular complexity index is 749. The van der Waals surface area contributed by atoms with Crippen LogP contribution in [0.25, 0.3) is 11.2 Å². The van der Waals surface area contributed by atoms with Crippen molar-refractivity contribution in [1.29, 1.82) is 0 Å². The van der Waals surface area contributed by atoms with E-state index in [2.05, 4.69) is 20.3 Å². The number of aliphatic hydroxyl groups is 1. The summed E-state index contributed by atoms with van der Waals surface area (Å²) in [5.41, 5.74) is 1.32. The number of hydrogen-bond acceptors (Lipinski definition) is 8. The minimum atomic E-state index is -0.717. The lowest BCUT2D eigenvalue weighted by Crippen LogP contribution is -2.31. The van der Waals surface area contributed by atoms with Gasteiger partial charge in [-0.1, -0.05) is 0 Å². The summed E-state index contributed by atoms with van der Waals surface area (Å²) in [6.45, 7) is 6.30. The second-order valence-corrected chi connectivity index (χ2v) is 6.39. The Hall–Kier alpha value is -1.81. The number of aliphatic hydroxyl groups excluding tert-OH is 1. The van der Waals surface area contributed by atoms with Gasteiger partial charge in [-0.15, -0.1) is 0 Å². The van der Waals surface area contributed by atoms with Crippen LogP contribution in [0.2, 0.25) is 0 Å². The van der Waals surface area contributed by atoms with Crippen molar-refractivity contribution < 1.29 is 19.3 Å². The number of anilines is 1. The molecule has 0 aliphatic carbocycles. The van der Waals surface area contributed by atoms with Gasteiger partial charge in [-0.05, 0) is 20.8 Å². The topological polar surface area (TPSA) is 104 Å². The van der Waals surface area contributed by atoms with Gasteiger partial charge in [0.25, 0.3) is 0 Å². The Morgan fingerprint density at radius 2 is 2.04 bits per heavy atom. The zero-order valence-corrected chi connectivity index (χ0v) is 13.8. The van der Waals surface area contributed by atoms with E-state index >= 15 is 0 Å². The Labute approximate surface area is 139 Å². The zero-order valence-electron chi connectivity index (χ0n) is 13.8. The molecule has 4 rings (SSSR count). The molecule has 0 unspecified atom stereocenters. The molecule has 0 saturated carbocycles. The van der Waals surface area contributed by atoms with Crippen molar-refractivity contribution in [3.8, 4) is 0 Å². The fourth-order valence-electron chi connectivity index (χ4n) is 3.36. The zero-order chi connectivity index (χ0) is 16.9. The SMILES string of the molecule is CCNc1ncnc2c1ncn2[C@@H]1O[C@H](CO)[C@H]2OC(C)(C)O[C@H]21. The number of rotatable bonds is 4. The summed E-state index contributed by atoms with van der Waals surface area (Å²) >= 11 is 0. The molecule has 9 heteroatoms. The Balaban J connectivity index is 1.73. The van der Waals surface area contributed by atoms with Gasteiger partial charge < -0.3 is 24.6 Å². The highest BCUT2D eigenvalue weighted by atomic mass is 16.8. The smallest absolute Gasteiger partial charge is 0.167 e. The van der Waals surface area contributed by atoms with E-state index in [1.165, 1.54) is 6.33 Å². The second-order valence-electron chi connectivity index (χ2n) is 6.39. The molecule has 2 fully saturated rings. The molecule has 2 aromatic heterocycles. The third-order valence-corrected chi connectivity index (χ3v) is 4.28. The van der Waals surface area contributed by atoms with E-state index in [-0.39, 0.29) is 18.8 Å². The third kappa shape index (κ3) is 2.35. The van der Waals surface area contributed by atoms with E-state index in [1.54, 1.807) is 6.33 Å². The predicted octanol–water partition coefficient (Wildman–Crippen LogP) is 0.668. The summed E-state index contributed by atoms with van der Waals surface area (Å²) in [6.07, 6.45) is 1.56. The number of fused-ring (bicyclic) bond motifs is 2. The molecule has 2 aliphatic heterocycles. The lowest BCUT2D eigenvalue weighted by atomic mass is 10.1. The van der Waals surface area contributed by atoms with Crippen molar-refractivity contribution in [3.63, 3.8) is 0 Å². The van der Waals surface area contributed by atoms with E-state index in [1.807, 2.05) is 25.3 Å². The second kappa shape index (κ2) is 5.62. The van der Waals surface area contributed by atoms with Gasteiger partial charge in [0.2, 0.25) is 0 Å². The molecule has 2 N–H and O–H groups in total. The molecule has 130 valence electrons. The molecule has 0 amide bonds. The molecule has 0 radical (unpaired) electrons. The summed E-state index contributed by atoms with van der Waals surface area (Å²) in [4.78, 5) is 13.0. The van der Waals surface area contributed by atoms with Crippen molar-refractivity contribution >= 4 is 17.0 Å². The van der Waals surface area contributed by atoms with Crippen LogP contribution in [0.5, 0.6) is 0 Å². The molecule has 0 aromatic carbocycles. The molecule has 4 atom stereocenters. The molecule has 0 bridgehead atoms.